The van der Waals surface area contributed by atoms with Gasteiger partial charge in [0.15, 0.2) is 0 Å². The van der Waals surface area contributed by atoms with Gasteiger partial charge in [-0.2, -0.15) is 10.2 Å². The quantitative estimate of drug-likeness (QED) is 0.536. The zero-order valence-electron chi connectivity index (χ0n) is 19.0. The predicted octanol–water partition coefficient (Wildman–Crippen LogP) is 5.73. The molecule has 180 valence electrons. The maximum atomic E-state index is 12.7. The third-order valence-electron chi connectivity index (χ3n) is 8.05. The van der Waals surface area contributed by atoms with E-state index in [1.807, 2.05) is 0 Å². The van der Waals surface area contributed by atoms with Gasteiger partial charge in [0.2, 0.25) is 5.95 Å². The van der Waals surface area contributed by atoms with Crippen LogP contribution in [0.3, 0.4) is 0 Å². The van der Waals surface area contributed by atoms with E-state index in [-0.39, 0.29) is 23.7 Å². The number of para-hydroxylation sites is 1. The summed E-state index contributed by atoms with van der Waals surface area (Å²) in [5.74, 6) is 3.64. The summed E-state index contributed by atoms with van der Waals surface area (Å²) in [6.07, 6.45) is 3.05. The molecule has 2 N–H and O–H groups in total. The Morgan fingerprint density at radius 1 is 1.15 bits per heavy atom. The first-order valence-electron chi connectivity index (χ1n) is 11.8. The van der Waals surface area contributed by atoms with Gasteiger partial charge in [-0.15, -0.1) is 13.2 Å². The van der Waals surface area contributed by atoms with Crippen LogP contribution in [0.2, 0.25) is 0 Å². The molecule has 1 aromatic carbocycles. The number of halogens is 3. The first-order chi connectivity index (χ1) is 16.2. The van der Waals surface area contributed by atoms with Gasteiger partial charge < -0.3 is 15.4 Å². The summed E-state index contributed by atoms with van der Waals surface area (Å²) in [5.41, 5.74) is 0.928. The van der Waals surface area contributed by atoms with Crippen molar-refractivity contribution in [3.63, 3.8) is 0 Å². The molecule has 9 heteroatoms. The Morgan fingerprint density at radius 3 is 2.59 bits per heavy atom. The lowest BCUT2D eigenvalue weighted by atomic mass is 9.46. The molecule has 5 atom stereocenters. The van der Waals surface area contributed by atoms with Gasteiger partial charge in [0.25, 0.3) is 0 Å². The molecule has 0 amide bonds. The average Bonchev–Trinajstić information content (AvgIpc) is 2.79. The zero-order valence-corrected chi connectivity index (χ0v) is 19.0. The summed E-state index contributed by atoms with van der Waals surface area (Å²) in [6, 6.07) is 8.07. The summed E-state index contributed by atoms with van der Waals surface area (Å²) in [5, 5.41) is 15.9. The Morgan fingerprint density at radius 2 is 1.88 bits per heavy atom. The van der Waals surface area contributed by atoms with Crippen molar-refractivity contribution < 1.29 is 17.9 Å². The van der Waals surface area contributed by atoms with Crippen molar-refractivity contribution in [1.29, 1.82) is 5.26 Å². The third kappa shape index (κ3) is 4.63. The van der Waals surface area contributed by atoms with E-state index in [2.05, 4.69) is 38.3 Å². The molecule has 6 rings (SSSR count). The lowest BCUT2D eigenvalue weighted by molar-refractivity contribution is -0.274. The first-order valence-corrected chi connectivity index (χ1v) is 11.8. The molecule has 4 bridgehead atoms. The molecule has 0 radical (unpaired) electrons. The molecular formula is C25H28F3N5O. The van der Waals surface area contributed by atoms with E-state index in [1.165, 1.54) is 50.4 Å². The second-order valence-electron chi connectivity index (χ2n) is 10.3. The Labute approximate surface area is 196 Å². The molecular weight excluding hydrogens is 443 g/mol. The molecule has 0 spiro atoms. The van der Waals surface area contributed by atoms with Gasteiger partial charge in [-0.05, 0) is 67.3 Å². The second kappa shape index (κ2) is 8.64. The van der Waals surface area contributed by atoms with Crippen LogP contribution in [0.15, 0.2) is 30.5 Å². The molecule has 6 nitrogen and oxygen atoms in total. The van der Waals surface area contributed by atoms with Crippen LogP contribution in [-0.2, 0) is 6.54 Å². The van der Waals surface area contributed by atoms with Crippen molar-refractivity contribution in [2.75, 3.05) is 17.2 Å². The van der Waals surface area contributed by atoms with E-state index in [9.17, 15) is 18.4 Å². The summed E-state index contributed by atoms with van der Waals surface area (Å²) in [6.45, 7) is 3.23. The Kier molecular flexibility index (Phi) is 5.78. The van der Waals surface area contributed by atoms with Gasteiger partial charge in [-0.25, -0.2) is 4.98 Å². The largest absolute Gasteiger partial charge is 0.573 e. The van der Waals surface area contributed by atoms with Crippen LogP contribution in [0.4, 0.5) is 24.9 Å². The molecule has 4 aliphatic carbocycles. The fraction of sp³-hybridized carbons (Fsp3) is 0.560. The maximum absolute atomic E-state index is 12.7. The van der Waals surface area contributed by atoms with E-state index < -0.39 is 6.36 Å². The van der Waals surface area contributed by atoms with Crippen molar-refractivity contribution in [1.82, 2.24) is 9.97 Å². The lowest BCUT2D eigenvalue weighted by Crippen LogP contribution is -2.52. The minimum Gasteiger partial charge on any atom is -0.405 e. The Hall–Kier alpha value is -3.02. The molecule has 1 heterocycles. The van der Waals surface area contributed by atoms with Crippen LogP contribution < -0.4 is 15.4 Å². The molecule has 1 aromatic heterocycles. The number of benzene rings is 1. The SMILES string of the molecule is CC1[C@@H]2CC3C[C@H]1CC(CNc1nc(NCc4ccccc4OC(F)(F)F)ncc1C#N)(C3)C2. The minimum absolute atomic E-state index is 0.0461. The monoisotopic (exact) mass is 471 g/mol. The highest BCUT2D eigenvalue weighted by Gasteiger charge is 2.53. The fourth-order valence-electron chi connectivity index (χ4n) is 6.67. The summed E-state index contributed by atoms with van der Waals surface area (Å²) < 4.78 is 42.2. The van der Waals surface area contributed by atoms with Crippen molar-refractivity contribution in [2.45, 2.75) is 51.9 Å². The molecule has 4 aliphatic rings. The molecule has 0 saturated heterocycles. The van der Waals surface area contributed by atoms with Crippen LogP contribution >= 0.6 is 0 Å². The number of rotatable bonds is 7. The van der Waals surface area contributed by atoms with Crippen LogP contribution in [0.1, 0.15) is 50.2 Å². The highest BCUT2D eigenvalue weighted by Crippen LogP contribution is 2.62. The zero-order chi connectivity index (χ0) is 23.9. The lowest BCUT2D eigenvalue weighted by Gasteiger charge is -2.59. The number of nitrogens with zero attached hydrogens (tertiary/aromatic N) is 3. The van der Waals surface area contributed by atoms with E-state index >= 15 is 0 Å². The van der Waals surface area contributed by atoms with Crippen molar-refractivity contribution >= 4 is 11.8 Å². The fourth-order valence-corrected chi connectivity index (χ4v) is 6.67. The number of hydrogen-bond donors (Lipinski definition) is 2. The number of nitrogens with one attached hydrogen (secondary N) is 2. The average molecular weight is 472 g/mol. The van der Waals surface area contributed by atoms with Crippen LogP contribution in [0.5, 0.6) is 5.75 Å². The Bertz CT molecular complexity index is 1080. The van der Waals surface area contributed by atoms with E-state index in [1.54, 1.807) is 12.1 Å². The molecule has 4 saturated carbocycles. The molecule has 0 aliphatic heterocycles. The second-order valence-corrected chi connectivity index (χ2v) is 10.3. The predicted molar refractivity (Wildman–Crippen MR) is 121 cm³/mol. The number of hydrogen-bond acceptors (Lipinski definition) is 6. The first kappa shape index (κ1) is 22.8. The van der Waals surface area contributed by atoms with Crippen molar-refractivity contribution in [3.05, 3.63) is 41.6 Å². The van der Waals surface area contributed by atoms with E-state index in [0.717, 1.165) is 30.2 Å². The Balaban J connectivity index is 1.28. The van der Waals surface area contributed by atoms with Crippen molar-refractivity contribution in [2.24, 2.45) is 29.1 Å². The number of alkyl halides is 3. The molecule has 4 fully saturated rings. The molecule has 3 unspecified atom stereocenters. The minimum atomic E-state index is -4.77. The van der Waals surface area contributed by atoms with Crippen LogP contribution in [0.25, 0.3) is 0 Å². The van der Waals surface area contributed by atoms with Gasteiger partial charge in [0, 0.05) is 18.7 Å². The number of aromatic nitrogens is 2. The highest BCUT2D eigenvalue weighted by atomic mass is 19.4. The van der Waals surface area contributed by atoms with E-state index in [4.69, 9.17) is 0 Å². The van der Waals surface area contributed by atoms with E-state index in [0.29, 0.717) is 16.9 Å². The standard InChI is InChI=1S/C25H28F3N5O/c1-15-18-6-16-7-19(15)10-24(8-16,9-18)14-32-22-20(11-29)13-31-23(33-22)30-12-17-4-2-3-5-21(17)34-25(26,27)28/h2-5,13,15-16,18-19H,6-10,12,14H2,1H3,(H2,30,31,32,33)/t15?,16?,18-,19+,24?. The normalized spacial score (nSPS) is 29.5. The summed E-state index contributed by atoms with van der Waals surface area (Å²) >= 11 is 0. The topological polar surface area (TPSA) is 82.9 Å². The number of anilines is 2. The summed E-state index contributed by atoms with van der Waals surface area (Å²) in [4.78, 5) is 8.64. The van der Waals surface area contributed by atoms with Gasteiger partial charge >= 0.3 is 6.36 Å². The highest BCUT2D eigenvalue weighted by molar-refractivity contribution is 5.53. The van der Waals surface area contributed by atoms with Crippen LogP contribution in [-0.4, -0.2) is 22.9 Å². The summed E-state index contributed by atoms with van der Waals surface area (Å²) in [7, 11) is 0. The number of ether oxygens (including phenoxy) is 1. The molecule has 2 aromatic rings. The van der Waals surface area contributed by atoms with Gasteiger partial charge in [0.1, 0.15) is 23.2 Å². The third-order valence-corrected chi connectivity index (χ3v) is 8.05. The van der Waals surface area contributed by atoms with Crippen LogP contribution in [0, 0.1) is 40.4 Å². The van der Waals surface area contributed by atoms with Gasteiger partial charge in [-0.3, -0.25) is 0 Å². The van der Waals surface area contributed by atoms with Gasteiger partial charge in [0.05, 0.1) is 6.20 Å². The van der Waals surface area contributed by atoms with Crippen molar-refractivity contribution in [3.8, 4) is 11.8 Å². The number of nitriles is 1. The molecule has 34 heavy (non-hydrogen) atoms. The van der Waals surface area contributed by atoms with Gasteiger partial charge in [-0.1, -0.05) is 25.1 Å². The smallest absolute Gasteiger partial charge is 0.405 e. The maximum Gasteiger partial charge on any atom is 0.573 e.